The van der Waals surface area contributed by atoms with E-state index in [1.165, 1.54) is 42.5 Å². The molecule has 2 aromatic carbocycles. The summed E-state index contributed by atoms with van der Waals surface area (Å²) in [6, 6.07) is 10.9. The zero-order valence-corrected chi connectivity index (χ0v) is 17.8. The molecule has 0 aliphatic carbocycles. The summed E-state index contributed by atoms with van der Waals surface area (Å²) in [5, 5.41) is 10.1. The van der Waals surface area contributed by atoms with Crippen LogP contribution in [0.1, 0.15) is 28.8 Å². The molecule has 9 nitrogen and oxygen atoms in total. The summed E-state index contributed by atoms with van der Waals surface area (Å²) < 4.78 is 43.1. The second kappa shape index (κ2) is 9.11. The van der Waals surface area contributed by atoms with Crippen LogP contribution in [0.5, 0.6) is 5.75 Å². The molecule has 1 aliphatic rings. The van der Waals surface area contributed by atoms with E-state index in [-0.39, 0.29) is 41.0 Å². The molecular formula is C22H21NO8S. The van der Waals surface area contributed by atoms with Gasteiger partial charge in [-0.15, -0.1) is 0 Å². The fraction of sp³-hybridized carbons (Fsp3) is 0.273. The van der Waals surface area contributed by atoms with Crippen molar-refractivity contribution in [1.29, 1.82) is 0 Å². The second-order valence-electron chi connectivity index (χ2n) is 7.36. The van der Waals surface area contributed by atoms with E-state index < -0.39 is 21.6 Å². The molecular weight excluding hydrogens is 438 g/mol. The van der Waals surface area contributed by atoms with Crippen LogP contribution >= 0.6 is 0 Å². The van der Waals surface area contributed by atoms with Gasteiger partial charge in [0.2, 0.25) is 10.0 Å². The van der Waals surface area contributed by atoms with Gasteiger partial charge in [-0.25, -0.2) is 22.7 Å². The molecule has 1 unspecified atom stereocenters. The van der Waals surface area contributed by atoms with Crippen molar-refractivity contribution in [2.45, 2.75) is 30.4 Å². The number of phenolic OH excluding ortho intramolecular Hbond substituents is 1. The Morgan fingerprint density at radius 1 is 1.16 bits per heavy atom. The topological polar surface area (TPSA) is 132 Å². The third-order valence-corrected chi connectivity index (χ3v) is 6.54. The third-order valence-electron chi connectivity index (χ3n) is 5.10. The van der Waals surface area contributed by atoms with Crippen molar-refractivity contribution in [3.63, 3.8) is 0 Å². The maximum Gasteiger partial charge on any atom is 0.338 e. The normalized spacial score (nSPS) is 16.3. The largest absolute Gasteiger partial charge is 0.508 e. The van der Waals surface area contributed by atoms with Gasteiger partial charge in [0.05, 0.1) is 16.6 Å². The fourth-order valence-corrected chi connectivity index (χ4v) is 4.49. The summed E-state index contributed by atoms with van der Waals surface area (Å²) in [6.45, 7) is 0.632. The Hall–Kier alpha value is -3.21. The molecule has 1 aromatic heterocycles. The molecule has 168 valence electrons. The first kappa shape index (κ1) is 22.0. The molecule has 1 aliphatic heterocycles. The van der Waals surface area contributed by atoms with Crippen LogP contribution in [0.2, 0.25) is 0 Å². The lowest BCUT2D eigenvalue weighted by Crippen LogP contribution is -2.31. The number of ether oxygens (including phenoxy) is 2. The predicted octanol–water partition coefficient (Wildman–Crippen LogP) is 2.31. The molecule has 4 rings (SSSR count). The van der Waals surface area contributed by atoms with Gasteiger partial charge in [-0.3, -0.25) is 0 Å². The summed E-state index contributed by atoms with van der Waals surface area (Å²) in [6.07, 6.45) is 1.60. The number of carbonyl (C=O) groups is 1. The lowest BCUT2D eigenvalue weighted by molar-refractivity contribution is 0.0473. The molecule has 0 spiro atoms. The highest BCUT2D eigenvalue weighted by Crippen LogP contribution is 2.22. The number of phenols is 1. The standard InChI is InChI=1S/C22H21NO8S/c24-16-5-8-19-15(10-21(25)31-20(19)11-16)13-30-22(26)14-3-6-18(7-4-14)32(27,28)23-12-17-2-1-9-29-17/h3-8,10-11,17,23-24H,1-2,9,12-13H2. The molecule has 0 amide bonds. The second-order valence-corrected chi connectivity index (χ2v) is 9.13. The van der Waals surface area contributed by atoms with Gasteiger partial charge < -0.3 is 19.0 Å². The Kier molecular flexibility index (Phi) is 6.26. The maximum atomic E-state index is 12.4. The van der Waals surface area contributed by atoms with Crippen LogP contribution in [0.3, 0.4) is 0 Å². The van der Waals surface area contributed by atoms with E-state index in [0.29, 0.717) is 17.6 Å². The molecule has 2 N–H and O–H groups in total. The Balaban J connectivity index is 1.42. The third kappa shape index (κ3) is 4.98. The zero-order chi connectivity index (χ0) is 22.7. The van der Waals surface area contributed by atoms with E-state index in [4.69, 9.17) is 13.9 Å². The van der Waals surface area contributed by atoms with Crippen LogP contribution < -0.4 is 10.3 Å². The van der Waals surface area contributed by atoms with Crippen LogP contribution in [0.25, 0.3) is 11.0 Å². The van der Waals surface area contributed by atoms with Crippen LogP contribution in [0, 0.1) is 0 Å². The average Bonchev–Trinajstić information content (AvgIpc) is 3.29. The average molecular weight is 459 g/mol. The molecule has 0 saturated carbocycles. The molecule has 10 heteroatoms. The monoisotopic (exact) mass is 459 g/mol. The molecule has 32 heavy (non-hydrogen) atoms. The number of aromatic hydroxyl groups is 1. The van der Waals surface area contributed by atoms with Crippen LogP contribution in [0.4, 0.5) is 0 Å². The van der Waals surface area contributed by atoms with Gasteiger partial charge >= 0.3 is 11.6 Å². The predicted molar refractivity (Wildman–Crippen MR) is 114 cm³/mol. The van der Waals surface area contributed by atoms with Crippen molar-refractivity contribution in [3.8, 4) is 5.75 Å². The van der Waals surface area contributed by atoms with Crippen LogP contribution in [0.15, 0.2) is 62.6 Å². The highest BCUT2D eigenvalue weighted by Gasteiger charge is 2.21. The number of benzene rings is 2. The molecule has 1 fully saturated rings. The minimum atomic E-state index is -3.73. The van der Waals surface area contributed by atoms with E-state index in [2.05, 4.69) is 4.72 Å². The zero-order valence-electron chi connectivity index (χ0n) is 16.9. The Labute approximate surface area is 183 Å². The van der Waals surface area contributed by atoms with Crippen molar-refractivity contribution in [2.24, 2.45) is 0 Å². The summed E-state index contributed by atoms with van der Waals surface area (Å²) in [4.78, 5) is 24.2. The number of hydrogen-bond donors (Lipinski definition) is 2. The van der Waals surface area contributed by atoms with E-state index in [1.807, 2.05) is 0 Å². The molecule has 2 heterocycles. The van der Waals surface area contributed by atoms with Gasteiger partial charge in [0, 0.05) is 36.2 Å². The lowest BCUT2D eigenvalue weighted by atomic mass is 10.1. The van der Waals surface area contributed by atoms with Gasteiger partial charge in [-0.1, -0.05) is 0 Å². The Bertz CT molecular complexity index is 1290. The summed E-state index contributed by atoms with van der Waals surface area (Å²) in [5.41, 5.74) is 0.114. The van der Waals surface area contributed by atoms with E-state index in [9.17, 15) is 23.1 Å². The molecule has 0 bridgehead atoms. The fourth-order valence-electron chi connectivity index (χ4n) is 3.43. The van der Waals surface area contributed by atoms with Crippen molar-refractivity contribution in [3.05, 3.63) is 70.1 Å². The molecule has 1 saturated heterocycles. The van der Waals surface area contributed by atoms with Crippen molar-refractivity contribution < 1.29 is 32.2 Å². The van der Waals surface area contributed by atoms with Gasteiger partial charge in [0.15, 0.2) is 0 Å². The van der Waals surface area contributed by atoms with Crippen LogP contribution in [-0.2, 0) is 26.1 Å². The molecule has 1 atom stereocenters. The van der Waals surface area contributed by atoms with Crippen molar-refractivity contribution >= 4 is 27.0 Å². The van der Waals surface area contributed by atoms with E-state index in [1.54, 1.807) is 6.07 Å². The van der Waals surface area contributed by atoms with Crippen molar-refractivity contribution in [1.82, 2.24) is 4.72 Å². The first-order valence-corrected chi connectivity index (χ1v) is 11.4. The Morgan fingerprint density at radius 2 is 1.94 bits per heavy atom. The SMILES string of the molecule is O=C(OCc1cc(=O)oc2cc(O)ccc12)c1ccc(S(=O)(=O)NCC2CCCO2)cc1. The quantitative estimate of drug-likeness (QED) is 0.406. The summed E-state index contributed by atoms with van der Waals surface area (Å²) in [5.74, 6) is -0.739. The van der Waals surface area contributed by atoms with Gasteiger partial charge in [0.25, 0.3) is 0 Å². The van der Waals surface area contributed by atoms with Crippen LogP contribution in [-0.4, -0.2) is 38.7 Å². The smallest absolute Gasteiger partial charge is 0.338 e. The summed E-state index contributed by atoms with van der Waals surface area (Å²) >= 11 is 0. The summed E-state index contributed by atoms with van der Waals surface area (Å²) in [7, 11) is -3.73. The lowest BCUT2D eigenvalue weighted by Gasteiger charge is -2.12. The molecule has 3 aromatic rings. The minimum absolute atomic E-state index is 0.0264. The first-order chi connectivity index (χ1) is 15.3. The highest BCUT2D eigenvalue weighted by molar-refractivity contribution is 7.89. The molecule has 0 radical (unpaired) electrons. The highest BCUT2D eigenvalue weighted by atomic mass is 32.2. The van der Waals surface area contributed by atoms with Gasteiger partial charge in [0.1, 0.15) is 17.9 Å². The number of carbonyl (C=O) groups excluding carboxylic acids is 1. The number of rotatable bonds is 7. The van der Waals surface area contributed by atoms with E-state index in [0.717, 1.165) is 12.8 Å². The number of hydrogen-bond acceptors (Lipinski definition) is 8. The number of fused-ring (bicyclic) bond motifs is 1. The number of esters is 1. The Morgan fingerprint density at radius 3 is 2.66 bits per heavy atom. The number of nitrogens with one attached hydrogen (secondary N) is 1. The van der Waals surface area contributed by atoms with Gasteiger partial charge in [-0.2, -0.15) is 0 Å². The van der Waals surface area contributed by atoms with Gasteiger partial charge in [-0.05, 0) is 49.2 Å². The maximum absolute atomic E-state index is 12.4. The van der Waals surface area contributed by atoms with Crippen molar-refractivity contribution in [2.75, 3.05) is 13.2 Å². The number of sulfonamides is 1. The first-order valence-electron chi connectivity index (χ1n) is 9.96. The minimum Gasteiger partial charge on any atom is -0.508 e. The van der Waals surface area contributed by atoms with E-state index >= 15 is 0 Å².